The standard InChI is InChI=1S/C15H27NO3/c1-9-6-11(12(7-9)14(18)19)13(17)16-8-10(2)15(3,4)5/h9-12H,6-8H2,1-5H3,(H,16,17)(H,18,19). The molecule has 0 radical (unpaired) electrons. The van der Waals surface area contributed by atoms with E-state index < -0.39 is 11.9 Å². The van der Waals surface area contributed by atoms with Crippen LogP contribution in [0.5, 0.6) is 0 Å². The fraction of sp³-hybridized carbons (Fsp3) is 0.867. The van der Waals surface area contributed by atoms with Crippen LogP contribution in [0.1, 0.15) is 47.5 Å². The van der Waals surface area contributed by atoms with Gasteiger partial charge in [-0.15, -0.1) is 0 Å². The van der Waals surface area contributed by atoms with Crippen LogP contribution in [0.3, 0.4) is 0 Å². The molecular formula is C15H27NO3. The minimum atomic E-state index is -0.839. The minimum Gasteiger partial charge on any atom is -0.481 e. The van der Waals surface area contributed by atoms with Crippen LogP contribution in [0.15, 0.2) is 0 Å². The number of hydrogen-bond donors (Lipinski definition) is 2. The summed E-state index contributed by atoms with van der Waals surface area (Å²) in [5.41, 5.74) is 0.141. The van der Waals surface area contributed by atoms with Crippen molar-refractivity contribution in [3.63, 3.8) is 0 Å². The van der Waals surface area contributed by atoms with E-state index in [2.05, 4.69) is 33.0 Å². The maximum atomic E-state index is 12.2. The van der Waals surface area contributed by atoms with Gasteiger partial charge in [0.25, 0.3) is 0 Å². The normalized spacial score (nSPS) is 29.0. The fourth-order valence-corrected chi connectivity index (χ4v) is 2.55. The summed E-state index contributed by atoms with van der Waals surface area (Å²) in [6, 6.07) is 0. The zero-order valence-electron chi connectivity index (χ0n) is 12.7. The zero-order valence-corrected chi connectivity index (χ0v) is 12.7. The third kappa shape index (κ3) is 4.22. The van der Waals surface area contributed by atoms with Gasteiger partial charge in [0, 0.05) is 6.54 Å². The summed E-state index contributed by atoms with van der Waals surface area (Å²) in [4.78, 5) is 23.3. The van der Waals surface area contributed by atoms with Crippen molar-refractivity contribution in [2.24, 2.45) is 29.1 Å². The lowest BCUT2D eigenvalue weighted by Gasteiger charge is -2.28. The number of aliphatic carboxylic acids is 1. The maximum Gasteiger partial charge on any atom is 0.307 e. The molecule has 1 aliphatic carbocycles. The molecule has 0 bridgehead atoms. The third-order valence-corrected chi connectivity index (χ3v) is 4.51. The predicted molar refractivity (Wildman–Crippen MR) is 74.6 cm³/mol. The lowest BCUT2D eigenvalue weighted by molar-refractivity contribution is -0.146. The van der Waals surface area contributed by atoms with E-state index in [9.17, 15) is 14.7 Å². The van der Waals surface area contributed by atoms with Crippen molar-refractivity contribution in [1.29, 1.82) is 0 Å². The lowest BCUT2D eigenvalue weighted by Crippen LogP contribution is -2.39. The fourth-order valence-electron chi connectivity index (χ4n) is 2.55. The summed E-state index contributed by atoms with van der Waals surface area (Å²) >= 11 is 0. The molecule has 1 saturated carbocycles. The third-order valence-electron chi connectivity index (χ3n) is 4.51. The second-order valence-electron chi connectivity index (χ2n) is 7.14. The number of nitrogens with one attached hydrogen (secondary N) is 1. The molecule has 0 aromatic rings. The maximum absolute atomic E-state index is 12.2. The van der Waals surface area contributed by atoms with Crippen molar-refractivity contribution in [2.45, 2.75) is 47.5 Å². The molecule has 0 heterocycles. The Balaban J connectivity index is 2.56. The van der Waals surface area contributed by atoms with E-state index in [0.29, 0.717) is 31.2 Å². The van der Waals surface area contributed by atoms with Gasteiger partial charge in [0.05, 0.1) is 11.8 Å². The van der Waals surface area contributed by atoms with Crippen LogP contribution in [-0.2, 0) is 9.59 Å². The van der Waals surface area contributed by atoms with E-state index in [-0.39, 0.29) is 17.2 Å². The largest absolute Gasteiger partial charge is 0.481 e. The monoisotopic (exact) mass is 269 g/mol. The van der Waals surface area contributed by atoms with Gasteiger partial charge in [-0.05, 0) is 30.1 Å². The van der Waals surface area contributed by atoms with Crippen LogP contribution in [-0.4, -0.2) is 23.5 Å². The molecule has 1 aliphatic rings. The van der Waals surface area contributed by atoms with E-state index in [4.69, 9.17) is 0 Å². The van der Waals surface area contributed by atoms with E-state index in [1.54, 1.807) is 0 Å². The first-order valence-electron chi connectivity index (χ1n) is 7.13. The topological polar surface area (TPSA) is 66.4 Å². The quantitative estimate of drug-likeness (QED) is 0.824. The van der Waals surface area contributed by atoms with Crippen LogP contribution in [0.25, 0.3) is 0 Å². The van der Waals surface area contributed by atoms with Crippen molar-refractivity contribution in [3.8, 4) is 0 Å². The highest BCUT2D eigenvalue weighted by atomic mass is 16.4. The molecule has 0 aliphatic heterocycles. The van der Waals surface area contributed by atoms with Crippen molar-refractivity contribution in [2.75, 3.05) is 6.54 Å². The van der Waals surface area contributed by atoms with Gasteiger partial charge in [0.15, 0.2) is 0 Å². The Morgan fingerprint density at radius 2 is 1.79 bits per heavy atom. The summed E-state index contributed by atoms with van der Waals surface area (Å²) in [5, 5.41) is 12.1. The number of carboxylic acid groups (broad SMARTS) is 1. The van der Waals surface area contributed by atoms with E-state index in [1.807, 2.05) is 6.92 Å². The molecule has 4 unspecified atom stereocenters. The molecule has 1 fully saturated rings. The number of carbonyl (C=O) groups excluding carboxylic acids is 1. The Morgan fingerprint density at radius 1 is 1.26 bits per heavy atom. The van der Waals surface area contributed by atoms with Gasteiger partial charge in [-0.1, -0.05) is 34.6 Å². The SMILES string of the molecule is CC1CC(C(=O)O)C(C(=O)NCC(C)C(C)(C)C)C1. The summed E-state index contributed by atoms with van der Waals surface area (Å²) in [6.07, 6.45) is 1.30. The molecule has 0 saturated heterocycles. The highest BCUT2D eigenvalue weighted by Crippen LogP contribution is 2.36. The molecule has 0 aromatic heterocycles. The molecule has 4 nitrogen and oxygen atoms in total. The lowest BCUT2D eigenvalue weighted by atomic mass is 9.82. The highest BCUT2D eigenvalue weighted by Gasteiger charge is 2.41. The van der Waals surface area contributed by atoms with E-state index >= 15 is 0 Å². The molecule has 0 aromatic carbocycles. The summed E-state index contributed by atoms with van der Waals surface area (Å²) < 4.78 is 0. The first-order valence-corrected chi connectivity index (χ1v) is 7.13. The predicted octanol–water partition coefficient (Wildman–Crippen LogP) is 2.53. The molecule has 1 amide bonds. The van der Waals surface area contributed by atoms with Crippen LogP contribution in [0.4, 0.5) is 0 Å². The van der Waals surface area contributed by atoms with Gasteiger partial charge in [-0.3, -0.25) is 9.59 Å². The van der Waals surface area contributed by atoms with Crippen LogP contribution in [0.2, 0.25) is 0 Å². The van der Waals surface area contributed by atoms with Gasteiger partial charge in [0.2, 0.25) is 5.91 Å². The number of carboxylic acids is 1. The van der Waals surface area contributed by atoms with Crippen LogP contribution < -0.4 is 5.32 Å². The van der Waals surface area contributed by atoms with Gasteiger partial charge < -0.3 is 10.4 Å². The Morgan fingerprint density at radius 3 is 2.26 bits per heavy atom. The smallest absolute Gasteiger partial charge is 0.307 e. The number of amides is 1. The summed E-state index contributed by atoms with van der Waals surface area (Å²) in [5.74, 6) is -1.13. The molecule has 19 heavy (non-hydrogen) atoms. The molecule has 110 valence electrons. The minimum absolute atomic E-state index is 0.0900. The van der Waals surface area contributed by atoms with Gasteiger partial charge in [-0.25, -0.2) is 0 Å². The number of rotatable bonds is 4. The summed E-state index contributed by atoms with van der Waals surface area (Å²) in [6.45, 7) is 11.2. The summed E-state index contributed by atoms with van der Waals surface area (Å²) in [7, 11) is 0. The average Bonchev–Trinajstić information content (AvgIpc) is 2.66. The second kappa shape index (κ2) is 5.93. The molecule has 4 atom stereocenters. The number of hydrogen-bond acceptors (Lipinski definition) is 2. The second-order valence-corrected chi connectivity index (χ2v) is 7.14. The van der Waals surface area contributed by atoms with Crippen LogP contribution in [0, 0.1) is 29.1 Å². The van der Waals surface area contributed by atoms with Crippen molar-refractivity contribution in [1.82, 2.24) is 5.32 Å². The number of carbonyl (C=O) groups is 2. The van der Waals surface area contributed by atoms with Gasteiger partial charge in [0.1, 0.15) is 0 Å². The van der Waals surface area contributed by atoms with Crippen molar-refractivity contribution in [3.05, 3.63) is 0 Å². The van der Waals surface area contributed by atoms with Crippen molar-refractivity contribution >= 4 is 11.9 Å². The Hall–Kier alpha value is -1.06. The zero-order chi connectivity index (χ0) is 14.8. The molecule has 4 heteroatoms. The first kappa shape index (κ1) is 16.0. The molecule has 1 rings (SSSR count). The Labute approximate surface area is 116 Å². The molecule has 2 N–H and O–H groups in total. The van der Waals surface area contributed by atoms with Gasteiger partial charge >= 0.3 is 5.97 Å². The van der Waals surface area contributed by atoms with E-state index in [0.717, 1.165) is 0 Å². The molecule has 0 spiro atoms. The first-order chi connectivity index (χ1) is 8.62. The average molecular weight is 269 g/mol. The van der Waals surface area contributed by atoms with Gasteiger partial charge in [-0.2, -0.15) is 0 Å². The van der Waals surface area contributed by atoms with Crippen molar-refractivity contribution < 1.29 is 14.7 Å². The molecular weight excluding hydrogens is 242 g/mol. The Bertz CT molecular complexity index is 346. The Kier molecular flexibility index (Phi) is 4.99. The van der Waals surface area contributed by atoms with E-state index in [1.165, 1.54) is 0 Å². The highest BCUT2D eigenvalue weighted by molar-refractivity contribution is 5.85. The van der Waals surface area contributed by atoms with Crippen LogP contribution >= 0.6 is 0 Å².